The monoisotopic (exact) mass is 316 g/mol. The van der Waals surface area contributed by atoms with Gasteiger partial charge in [0.05, 0.1) is 10.8 Å². The Kier molecular flexibility index (Phi) is 4.04. The van der Waals surface area contributed by atoms with Crippen LogP contribution < -0.4 is 0 Å². The van der Waals surface area contributed by atoms with Crippen LogP contribution in [0.3, 0.4) is 0 Å². The number of furan rings is 1. The molecule has 0 N–H and O–H groups in total. The van der Waals surface area contributed by atoms with E-state index in [2.05, 4.69) is 0 Å². The van der Waals surface area contributed by atoms with Gasteiger partial charge in [-0.3, -0.25) is 4.79 Å². The van der Waals surface area contributed by atoms with Crippen molar-refractivity contribution >= 4 is 40.1 Å². The lowest BCUT2D eigenvalue weighted by atomic mass is 10.2. The first-order valence-electron chi connectivity index (χ1n) is 6.55. The van der Waals surface area contributed by atoms with Crippen LogP contribution in [0.25, 0.3) is 11.0 Å². The molecule has 1 heterocycles. The largest absolute Gasteiger partial charge is 0.453 e. The highest BCUT2D eigenvalue weighted by atomic mass is 35.5. The number of ketones is 1. The molecule has 0 aliphatic carbocycles. The first kappa shape index (κ1) is 14.2. The van der Waals surface area contributed by atoms with Crippen molar-refractivity contribution in [3.63, 3.8) is 0 Å². The molecule has 2 aromatic carbocycles. The van der Waals surface area contributed by atoms with E-state index < -0.39 is 0 Å². The lowest BCUT2D eigenvalue weighted by molar-refractivity contribution is 0.0994. The van der Waals surface area contributed by atoms with Gasteiger partial charge in [0.15, 0.2) is 5.76 Å². The Morgan fingerprint density at radius 3 is 2.76 bits per heavy atom. The fourth-order valence-electron chi connectivity index (χ4n) is 2.12. The Morgan fingerprint density at radius 1 is 1.19 bits per heavy atom. The molecule has 3 rings (SSSR count). The van der Waals surface area contributed by atoms with Crippen LogP contribution in [0.5, 0.6) is 0 Å². The van der Waals surface area contributed by atoms with E-state index >= 15 is 0 Å². The van der Waals surface area contributed by atoms with Gasteiger partial charge in [0, 0.05) is 10.3 Å². The Labute approximate surface area is 132 Å². The molecule has 0 spiro atoms. The molecule has 106 valence electrons. The van der Waals surface area contributed by atoms with E-state index in [0.717, 1.165) is 21.4 Å². The summed E-state index contributed by atoms with van der Waals surface area (Å²) in [6.07, 6.45) is 0. The topological polar surface area (TPSA) is 30.2 Å². The number of benzene rings is 2. The van der Waals surface area contributed by atoms with E-state index in [9.17, 15) is 4.79 Å². The normalized spacial score (nSPS) is 11.0. The summed E-state index contributed by atoms with van der Waals surface area (Å²) in [5.41, 5.74) is 1.81. The predicted molar refractivity (Wildman–Crippen MR) is 87.5 cm³/mol. The molecular formula is C17H13ClO2S. The quantitative estimate of drug-likeness (QED) is 0.479. The molecule has 0 saturated carbocycles. The number of carbonyl (C=O) groups is 1. The second-order valence-corrected chi connectivity index (χ2v) is 6.17. The summed E-state index contributed by atoms with van der Waals surface area (Å²) in [7, 11) is 0. The summed E-state index contributed by atoms with van der Waals surface area (Å²) in [5, 5.41) is 1.62. The van der Waals surface area contributed by atoms with Gasteiger partial charge in [0.1, 0.15) is 5.58 Å². The lowest BCUT2D eigenvalue weighted by Crippen LogP contribution is -2.00. The first-order chi connectivity index (χ1) is 10.1. The lowest BCUT2D eigenvalue weighted by Gasteiger charge is -2.01. The summed E-state index contributed by atoms with van der Waals surface area (Å²) in [6, 6.07) is 15.2. The third-order valence-corrected chi connectivity index (χ3v) is 4.73. The summed E-state index contributed by atoms with van der Waals surface area (Å²) in [5.74, 6) is 0.678. The zero-order chi connectivity index (χ0) is 14.8. The minimum absolute atomic E-state index is 0.0319. The Hall–Kier alpha value is -1.71. The van der Waals surface area contributed by atoms with Crippen molar-refractivity contribution in [2.45, 2.75) is 11.8 Å². The molecular weight excluding hydrogens is 304 g/mol. The fourth-order valence-corrected chi connectivity index (χ4v) is 3.23. The van der Waals surface area contributed by atoms with Crippen LogP contribution in [0.4, 0.5) is 0 Å². The highest BCUT2D eigenvalue weighted by molar-refractivity contribution is 8.00. The van der Waals surface area contributed by atoms with E-state index in [1.165, 1.54) is 11.8 Å². The van der Waals surface area contributed by atoms with Crippen LogP contribution >= 0.6 is 23.4 Å². The number of hydrogen-bond acceptors (Lipinski definition) is 3. The van der Waals surface area contributed by atoms with Crippen LogP contribution in [0.2, 0.25) is 5.02 Å². The molecule has 0 aliphatic heterocycles. The molecule has 3 aromatic rings. The Morgan fingerprint density at radius 2 is 2.00 bits per heavy atom. The molecule has 2 nitrogen and oxygen atoms in total. The van der Waals surface area contributed by atoms with Crippen molar-refractivity contribution in [3.05, 3.63) is 64.9 Å². The second-order valence-electron chi connectivity index (χ2n) is 4.75. The molecule has 1 aromatic heterocycles. The molecule has 0 aliphatic rings. The number of halogens is 1. The van der Waals surface area contributed by atoms with Gasteiger partial charge in [-0.15, -0.1) is 11.8 Å². The smallest absolute Gasteiger partial charge is 0.208 e. The van der Waals surface area contributed by atoms with Crippen LogP contribution in [0, 0.1) is 6.92 Å². The molecule has 4 heteroatoms. The summed E-state index contributed by atoms with van der Waals surface area (Å²) >= 11 is 7.51. The molecule has 0 unspecified atom stereocenters. The number of para-hydroxylation sites is 1. The van der Waals surface area contributed by atoms with Gasteiger partial charge in [-0.25, -0.2) is 0 Å². The van der Waals surface area contributed by atoms with Crippen molar-refractivity contribution in [2.24, 2.45) is 0 Å². The molecule has 21 heavy (non-hydrogen) atoms. The number of fused-ring (bicyclic) bond motifs is 1. The highest BCUT2D eigenvalue weighted by Crippen LogP contribution is 2.28. The van der Waals surface area contributed by atoms with Gasteiger partial charge >= 0.3 is 0 Å². The number of rotatable bonds is 4. The average molecular weight is 317 g/mol. The van der Waals surface area contributed by atoms with Crippen LogP contribution in [-0.2, 0) is 0 Å². The van der Waals surface area contributed by atoms with E-state index in [1.54, 1.807) is 6.07 Å². The minimum Gasteiger partial charge on any atom is -0.453 e. The van der Waals surface area contributed by atoms with Crippen molar-refractivity contribution < 1.29 is 9.21 Å². The number of aryl methyl sites for hydroxylation is 1. The number of hydrogen-bond donors (Lipinski definition) is 0. The van der Waals surface area contributed by atoms with Gasteiger partial charge < -0.3 is 4.42 Å². The van der Waals surface area contributed by atoms with E-state index in [1.807, 2.05) is 49.4 Å². The average Bonchev–Trinajstić information content (AvgIpc) is 2.92. The fraction of sp³-hybridized carbons (Fsp3) is 0.118. The number of Topliss-reactive ketones (excluding diaryl/α,β-unsaturated/α-hetero) is 1. The predicted octanol–water partition coefficient (Wildman–Crippen LogP) is 5.37. The third-order valence-electron chi connectivity index (χ3n) is 3.21. The van der Waals surface area contributed by atoms with Gasteiger partial charge in [0.2, 0.25) is 5.78 Å². The maximum atomic E-state index is 12.3. The molecule has 0 atom stereocenters. The Balaban J connectivity index is 1.78. The van der Waals surface area contributed by atoms with Gasteiger partial charge in [0.25, 0.3) is 0 Å². The SMILES string of the molecule is Cc1cccc2cc(C(=O)CSc3ccccc3Cl)oc12. The standard InChI is InChI=1S/C17H13ClO2S/c1-11-5-4-6-12-9-15(20-17(11)12)14(19)10-21-16-8-3-2-7-13(16)18/h2-9H,10H2,1H3. The molecule has 0 radical (unpaired) electrons. The van der Waals surface area contributed by atoms with Crippen molar-refractivity contribution in [1.29, 1.82) is 0 Å². The summed E-state index contributed by atoms with van der Waals surface area (Å²) in [6.45, 7) is 1.97. The Bertz CT molecular complexity index is 807. The minimum atomic E-state index is -0.0319. The van der Waals surface area contributed by atoms with Gasteiger partial charge in [-0.2, -0.15) is 0 Å². The number of carbonyl (C=O) groups excluding carboxylic acids is 1. The maximum absolute atomic E-state index is 12.3. The van der Waals surface area contributed by atoms with Crippen LogP contribution in [0.15, 0.2) is 57.8 Å². The van der Waals surface area contributed by atoms with Crippen molar-refractivity contribution in [2.75, 3.05) is 5.75 Å². The highest BCUT2D eigenvalue weighted by Gasteiger charge is 2.14. The molecule has 0 amide bonds. The second kappa shape index (κ2) is 5.96. The maximum Gasteiger partial charge on any atom is 0.208 e. The van der Waals surface area contributed by atoms with Gasteiger partial charge in [-0.05, 0) is 30.7 Å². The molecule has 0 bridgehead atoms. The van der Waals surface area contributed by atoms with E-state index in [-0.39, 0.29) is 5.78 Å². The zero-order valence-electron chi connectivity index (χ0n) is 11.4. The third kappa shape index (κ3) is 2.99. The van der Waals surface area contributed by atoms with E-state index in [0.29, 0.717) is 16.5 Å². The van der Waals surface area contributed by atoms with Crippen LogP contribution in [0.1, 0.15) is 16.1 Å². The summed E-state index contributed by atoms with van der Waals surface area (Å²) in [4.78, 5) is 13.2. The number of thioether (sulfide) groups is 1. The van der Waals surface area contributed by atoms with E-state index in [4.69, 9.17) is 16.0 Å². The molecule has 0 saturated heterocycles. The van der Waals surface area contributed by atoms with Crippen molar-refractivity contribution in [1.82, 2.24) is 0 Å². The molecule has 0 fully saturated rings. The zero-order valence-corrected chi connectivity index (χ0v) is 13.0. The first-order valence-corrected chi connectivity index (χ1v) is 7.91. The van der Waals surface area contributed by atoms with Gasteiger partial charge in [-0.1, -0.05) is 41.9 Å². The van der Waals surface area contributed by atoms with Crippen molar-refractivity contribution in [3.8, 4) is 0 Å². The summed E-state index contributed by atoms with van der Waals surface area (Å²) < 4.78 is 5.68. The van der Waals surface area contributed by atoms with Crippen LogP contribution in [-0.4, -0.2) is 11.5 Å².